The van der Waals surface area contributed by atoms with Gasteiger partial charge in [0.05, 0.1) is 5.69 Å². The van der Waals surface area contributed by atoms with E-state index in [1.54, 1.807) is 17.0 Å². The molecular formula is C17H13ClN4O. The standard InChI is InChI=1S/C17H13ClN4O/c1-10-12-7-11(9-19-16(12)22(2)21-10)8-13(18)17-20-14-5-3-4-6-15(14)23-17/h3-9H,1-2H3/b13-8-. The van der Waals surface area contributed by atoms with Crippen LogP contribution in [0.25, 0.3) is 33.2 Å². The van der Waals surface area contributed by atoms with Gasteiger partial charge < -0.3 is 4.42 Å². The molecule has 4 rings (SSSR count). The van der Waals surface area contributed by atoms with Crippen molar-refractivity contribution in [3.63, 3.8) is 0 Å². The van der Waals surface area contributed by atoms with Crippen molar-refractivity contribution in [1.29, 1.82) is 0 Å². The molecule has 1 aromatic carbocycles. The van der Waals surface area contributed by atoms with Gasteiger partial charge in [0.15, 0.2) is 11.2 Å². The van der Waals surface area contributed by atoms with Crippen molar-refractivity contribution < 1.29 is 4.42 Å². The molecule has 6 heteroatoms. The van der Waals surface area contributed by atoms with Crippen LogP contribution in [0.15, 0.2) is 40.9 Å². The van der Waals surface area contributed by atoms with E-state index in [9.17, 15) is 0 Å². The molecule has 0 aliphatic heterocycles. The van der Waals surface area contributed by atoms with E-state index >= 15 is 0 Å². The molecule has 0 N–H and O–H groups in total. The molecule has 3 heterocycles. The molecular weight excluding hydrogens is 312 g/mol. The molecule has 0 atom stereocenters. The highest BCUT2D eigenvalue weighted by atomic mass is 35.5. The minimum absolute atomic E-state index is 0.399. The van der Waals surface area contributed by atoms with Gasteiger partial charge in [0.2, 0.25) is 5.89 Å². The number of hydrogen-bond donors (Lipinski definition) is 0. The van der Waals surface area contributed by atoms with E-state index in [0.717, 1.165) is 27.8 Å². The third-order valence-electron chi connectivity index (χ3n) is 3.68. The number of hydrogen-bond acceptors (Lipinski definition) is 4. The van der Waals surface area contributed by atoms with Crippen molar-refractivity contribution in [2.45, 2.75) is 6.92 Å². The van der Waals surface area contributed by atoms with Crippen LogP contribution in [-0.2, 0) is 7.05 Å². The summed E-state index contributed by atoms with van der Waals surface area (Å²) >= 11 is 6.36. The minimum Gasteiger partial charge on any atom is -0.435 e. The van der Waals surface area contributed by atoms with Crippen molar-refractivity contribution in [3.05, 3.63) is 53.7 Å². The lowest BCUT2D eigenvalue weighted by Gasteiger charge is -1.97. The van der Waals surface area contributed by atoms with E-state index in [-0.39, 0.29) is 0 Å². The van der Waals surface area contributed by atoms with Crippen LogP contribution in [-0.4, -0.2) is 19.7 Å². The molecule has 5 nitrogen and oxygen atoms in total. The van der Waals surface area contributed by atoms with Gasteiger partial charge in [0.25, 0.3) is 0 Å². The Morgan fingerprint density at radius 3 is 2.96 bits per heavy atom. The van der Waals surface area contributed by atoms with Crippen molar-refractivity contribution in [2.24, 2.45) is 7.05 Å². The summed E-state index contributed by atoms with van der Waals surface area (Å²) in [7, 11) is 1.88. The fourth-order valence-electron chi connectivity index (χ4n) is 2.59. The summed E-state index contributed by atoms with van der Waals surface area (Å²) < 4.78 is 7.43. The topological polar surface area (TPSA) is 56.7 Å². The molecule has 0 bridgehead atoms. The number of fused-ring (bicyclic) bond motifs is 2. The maximum atomic E-state index is 6.36. The first-order chi connectivity index (χ1) is 11.1. The number of aryl methyl sites for hydroxylation is 2. The van der Waals surface area contributed by atoms with Crippen LogP contribution >= 0.6 is 11.6 Å². The summed E-state index contributed by atoms with van der Waals surface area (Å²) in [5.74, 6) is 0.399. The number of nitrogens with zero attached hydrogens (tertiary/aromatic N) is 4. The Bertz CT molecular complexity index is 1030. The van der Waals surface area contributed by atoms with E-state index in [0.29, 0.717) is 16.5 Å². The number of pyridine rings is 1. The van der Waals surface area contributed by atoms with Crippen molar-refractivity contribution in [1.82, 2.24) is 19.7 Å². The molecule has 114 valence electrons. The third kappa shape index (κ3) is 2.39. The molecule has 0 aliphatic carbocycles. The summed E-state index contributed by atoms with van der Waals surface area (Å²) in [4.78, 5) is 8.83. The molecule has 0 unspecified atom stereocenters. The predicted molar refractivity (Wildman–Crippen MR) is 91.0 cm³/mol. The largest absolute Gasteiger partial charge is 0.435 e. The first-order valence-corrected chi connectivity index (χ1v) is 7.52. The Morgan fingerprint density at radius 2 is 2.13 bits per heavy atom. The normalized spacial score (nSPS) is 12.4. The quantitative estimate of drug-likeness (QED) is 0.555. The molecule has 0 aliphatic rings. The smallest absolute Gasteiger partial charge is 0.238 e. The highest BCUT2D eigenvalue weighted by Crippen LogP contribution is 2.26. The summed E-state index contributed by atoms with van der Waals surface area (Å²) in [6, 6.07) is 9.57. The molecule has 0 saturated heterocycles. The minimum atomic E-state index is 0.399. The van der Waals surface area contributed by atoms with Crippen LogP contribution in [0, 0.1) is 6.92 Å². The van der Waals surface area contributed by atoms with Gasteiger partial charge in [0.1, 0.15) is 10.5 Å². The average molecular weight is 325 g/mol. The second-order valence-corrected chi connectivity index (χ2v) is 5.74. The van der Waals surface area contributed by atoms with Gasteiger partial charge in [-0.05, 0) is 36.8 Å². The lowest BCUT2D eigenvalue weighted by molar-refractivity contribution is 0.588. The summed E-state index contributed by atoms with van der Waals surface area (Å²) in [5.41, 5.74) is 4.15. The first-order valence-electron chi connectivity index (χ1n) is 7.14. The Labute approximate surface area is 137 Å². The number of rotatable bonds is 2. The van der Waals surface area contributed by atoms with Gasteiger partial charge in [-0.1, -0.05) is 23.7 Å². The molecule has 4 aromatic rings. The number of oxazole rings is 1. The summed E-state index contributed by atoms with van der Waals surface area (Å²) in [6.45, 7) is 1.96. The van der Waals surface area contributed by atoms with Crippen LogP contribution in [0.5, 0.6) is 0 Å². The first kappa shape index (κ1) is 14.0. The van der Waals surface area contributed by atoms with Gasteiger partial charge in [-0.2, -0.15) is 5.10 Å². The van der Waals surface area contributed by atoms with E-state index in [1.807, 2.05) is 44.3 Å². The second-order valence-electron chi connectivity index (χ2n) is 5.33. The van der Waals surface area contributed by atoms with E-state index in [4.69, 9.17) is 16.0 Å². The molecule has 0 saturated carbocycles. The van der Waals surface area contributed by atoms with E-state index in [1.165, 1.54) is 0 Å². The van der Waals surface area contributed by atoms with Crippen LogP contribution in [0.1, 0.15) is 17.1 Å². The average Bonchev–Trinajstić information content (AvgIpc) is 3.09. The van der Waals surface area contributed by atoms with Crippen molar-refractivity contribution in [3.8, 4) is 0 Å². The van der Waals surface area contributed by atoms with Crippen LogP contribution < -0.4 is 0 Å². The lowest BCUT2D eigenvalue weighted by atomic mass is 10.2. The van der Waals surface area contributed by atoms with Crippen LogP contribution in [0.4, 0.5) is 0 Å². The summed E-state index contributed by atoms with van der Waals surface area (Å²) in [5, 5.41) is 5.80. The summed E-state index contributed by atoms with van der Waals surface area (Å²) in [6.07, 6.45) is 3.56. The Hall–Kier alpha value is -2.66. The molecule has 0 fully saturated rings. The van der Waals surface area contributed by atoms with Gasteiger partial charge in [-0.3, -0.25) is 4.68 Å². The molecule has 0 radical (unpaired) electrons. The maximum absolute atomic E-state index is 6.36. The highest BCUT2D eigenvalue weighted by molar-refractivity contribution is 6.50. The van der Waals surface area contributed by atoms with Gasteiger partial charge >= 0.3 is 0 Å². The zero-order valence-corrected chi connectivity index (χ0v) is 13.4. The zero-order valence-electron chi connectivity index (χ0n) is 12.6. The van der Waals surface area contributed by atoms with Crippen molar-refractivity contribution >= 4 is 44.8 Å². The predicted octanol–water partition coefficient (Wildman–Crippen LogP) is 4.15. The fourth-order valence-corrected chi connectivity index (χ4v) is 2.79. The Kier molecular flexibility index (Phi) is 3.16. The fraction of sp³-hybridized carbons (Fsp3) is 0.118. The zero-order chi connectivity index (χ0) is 16.0. The van der Waals surface area contributed by atoms with Gasteiger partial charge in [-0.25, -0.2) is 9.97 Å². The van der Waals surface area contributed by atoms with E-state index < -0.39 is 0 Å². The van der Waals surface area contributed by atoms with Crippen LogP contribution in [0.2, 0.25) is 0 Å². The van der Waals surface area contributed by atoms with Gasteiger partial charge in [-0.15, -0.1) is 0 Å². The van der Waals surface area contributed by atoms with Gasteiger partial charge in [0, 0.05) is 18.6 Å². The van der Waals surface area contributed by atoms with Crippen molar-refractivity contribution in [2.75, 3.05) is 0 Å². The number of para-hydroxylation sites is 2. The number of aromatic nitrogens is 4. The Morgan fingerprint density at radius 1 is 1.30 bits per heavy atom. The molecule has 3 aromatic heterocycles. The van der Waals surface area contributed by atoms with Crippen LogP contribution in [0.3, 0.4) is 0 Å². The number of benzene rings is 1. The highest BCUT2D eigenvalue weighted by Gasteiger charge is 2.10. The third-order valence-corrected chi connectivity index (χ3v) is 3.95. The van der Waals surface area contributed by atoms with E-state index in [2.05, 4.69) is 15.1 Å². The molecule has 0 amide bonds. The number of halogens is 1. The monoisotopic (exact) mass is 324 g/mol. The second kappa shape index (κ2) is 5.21. The maximum Gasteiger partial charge on any atom is 0.238 e. The molecule has 0 spiro atoms. The molecule has 23 heavy (non-hydrogen) atoms. The lowest BCUT2D eigenvalue weighted by Crippen LogP contribution is -1.91. The Balaban J connectivity index is 1.77. The SMILES string of the molecule is Cc1nn(C)c2ncc(/C=C(\Cl)c3nc4ccccc4o3)cc12.